The zero-order chi connectivity index (χ0) is 12.5. The van der Waals surface area contributed by atoms with Crippen LogP contribution in [0.1, 0.15) is 19.8 Å². The molecule has 1 saturated heterocycles. The Morgan fingerprint density at radius 1 is 1.59 bits per heavy atom. The summed E-state index contributed by atoms with van der Waals surface area (Å²) < 4.78 is 18.9. The average molecular weight is 238 g/mol. The monoisotopic (exact) mass is 238 g/mol. The van der Waals surface area contributed by atoms with Crippen LogP contribution in [-0.4, -0.2) is 18.1 Å². The highest BCUT2D eigenvalue weighted by molar-refractivity contribution is 5.99. The SMILES string of the molecule is CC1(C(=O)Nc2c(N)cccc2F)CCCO1. The number of nitrogen functional groups attached to an aromatic ring is 1. The van der Waals surface area contributed by atoms with Crippen LogP contribution in [0, 0.1) is 5.82 Å². The van der Waals surface area contributed by atoms with Gasteiger partial charge in [0.2, 0.25) is 0 Å². The summed E-state index contributed by atoms with van der Waals surface area (Å²) in [6.07, 6.45) is 1.46. The first-order valence-corrected chi connectivity index (χ1v) is 5.52. The van der Waals surface area contributed by atoms with E-state index < -0.39 is 11.4 Å². The van der Waals surface area contributed by atoms with Gasteiger partial charge in [-0.2, -0.15) is 0 Å². The Labute approximate surface area is 98.9 Å². The van der Waals surface area contributed by atoms with Crippen molar-refractivity contribution in [2.24, 2.45) is 0 Å². The smallest absolute Gasteiger partial charge is 0.256 e. The molecule has 0 aromatic heterocycles. The predicted molar refractivity (Wildman–Crippen MR) is 63.0 cm³/mol. The van der Waals surface area contributed by atoms with E-state index in [1.165, 1.54) is 18.2 Å². The van der Waals surface area contributed by atoms with Crippen molar-refractivity contribution in [2.45, 2.75) is 25.4 Å². The molecule has 2 rings (SSSR count). The molecule has 4 nitrogen and oxygen atoms in total. The summed E-state index contributed by atoms with van der Waals surface area (Å²) in [5, 5.41) is 2.50. The van der Waals surface area contributed by atoms with Crippen LogP contribution in [0.5, 0.6) is 0 Å². The molecule has 92 valence electrons. The number of carbonyl (C=O) groups is 1. The second-order valence-corrected chi connectivity index (χ2v) is 4.34. The van der Waals surface area contributed by atoms with E-state index in [0.29, 0.717) is 13.0 Å². The number of nitrogens with two attached hydrogens (primary N) is 1. The van der Waals surface area contributed by atoms with Crippen LogP contribution >= 0.6 is 0 Å². The van der Waals surface area contributed by atoms with Gasteiger partial charge in [-0.15, -0.1) is 0 Å². The molecule has 1 fully saturated rings. The molecule has 1 atom stereocenters. The number of ether oxygens (including phenoxy) is 1. The summed E-state index contributed by atoms with van der Waals surface area (Å²) in [7, 11) is 0. The fraction of sp³-hybridized carbons (Fsp3) is 0.417. The Morgan fingerprint density at radius 2 is 2.35 bits per heavy atom. The minimum absolute atomic E-state index is 0.0224. The van der Waals surface area contributed by atoms with Gasteiger partial charge in [0, 0.05) is 6.61 Å². The lowest BCUT2D eigenvalue weighted by Gasteiger charge is -2.22. The Balaban J connectivity index is 2.18. The van der Waals surface area contributed by atoms with Crippen molar-refractivity contribution >= 4 is 17.3 Å². The van der Waals surface area contributed by atoms with Crippen LogP contribution < -0.4 is 11.1 Å². The number of amides is 1. The topological polar surface area (TPSA) is 64.4 Å². The van der Waals surface area contributed by atoms with Gasteiger partial charge < -0.3 is 15.8 Å². The number of para-hydroxylation sites is 1. The lowest BCUT2D eigenvalue weighted by molar-refractivity contribution is -0.133. The average Bonchev–Trinajstić information content (AvgIpc) is 2.72. The van der Waals surface area contributed by atoms with Crippen LogP contribution in [0.2, 0.25) is 0 Å². The summed E-state index contributed by atoms with van der Waals surface area (Å²) in [5.74, 6) is -0.897. The highest BCUT2D eigenvalue weighted by atomic mass is 19.1. The molecular weight excluding hydrogens is 223 g/mol. The number of carbonyl (C=O) groups excluding carboxylic acids is 1. The molecule has 17 heavy (non-hydrogen) atoms. The standard InChI is InChI=1S/C12H15FN2O2/c1-12(6-3-7-17-12)11(16)15-10-8(13)4-2-5-9(10)14/h2,4-5H,3,6-7,14H2,1H3,(H,15,16). The molecule has 0 radical (unpaired) electrons. The van der Waals surface area contributed by atoms with Gasteiger partial charge in [-0.25, -0.2) is 4.39 Å². The molecule has 0 spiro atoms. The van der Waals surface area contributed by atoms with Gasteiger partial charge in [0.1, 0.15) is 17.1 Å². The summed E-state index contributed by atoms with van der Waals surface area (Å²) in [5.41, 5.74) is 4.97. The number of nitrogens with one attached hydrogen (secondary N) is 1. The van der Waals surface area contributed by atoms with Crippen molar-refractivity contribution in [2.75, 3.05) is 17.7 Å². The molecule has 1 aromatic carbocycles. The van der Waals surface area contributed by atoms with Gasteiger partial charge in [0.25, 0.3) is 5.91 Å². The van der Waals surface area contributed by atoms with Crippen LogP contribution in [0.25, 0.3) is 0 Å². The number of anilines is 2. The number of benzene rings is 1. The van der Waals surface area contributed by atoms with Crippen molar-refractivity contribution in [1.82, 2.24) is 0 Å². The molecule has 3 N–H and O–H groups in total. The lowest BCUT2D eigenvalue weighted by Crippen LogP contribution is -2.39. The summed E-state index contributed by atoms with van der Waals surface area (Å²) in [6.45, 7) is 2.25. The molecule has 1 aromatic rings. The minimum atomic E-state index is -0.880. The van der Waals surface area contributed by atoms with Crippen molar-refractivity contribution in [3.8, 4) is 0 Å². The molecule has 1 unspecified atom stereocenters. The molecule has 0 saturated carbocycles. The molecule has 5 heteroatoms. The normalized spacial score (nSPS) is 23.6. The van der Waals surface area contributed by atoms with Gasteiger partial charge in [-0.3, -0.25) is 4.79 Å². The maximum absolute atomic E-state index is 13.5. The largest absolute Gasteiger partial charge is 0.397 e. The van der Waals surface area contributed by atoms with E-state index in [1.807, 2.05) is 0 Å². The first kappa shape index (κ1) is 11.9. The molecule has 1 heterocycles. The van der Waals surface area contributed by atoms with E-state index in [4.69, 9.17) is 10.5 Å². The number of rotatable bonds is 2. The molecule has 1 aliphatic heterocycles. The van der Waals surface area contributed by atoms with E-state index in [1.54, 1.807) is 6.92 Å². The van der Waals surface area contributed by atoms with Gasteiger partial charge in [-0.1, -0.05) is 6.07 Å². The Morgan fingerprint density at radius 3 is 2.94 bits per heavy atom. The van der Waals surface area contributed by atoms with Gasteiger partial charge >= 0.3 is 0 Å². The first-order valence-electron chi connectivity index (χ1n) is 5.52. The Kier molecular flexibility index (Phi) is 3.02. The Bertz CT molecular complexity index is 422. The van der Waals surface area contributed by atoms with E-state index in [0.717, 1.165) is 6.42 Å². The number of halogens is 1. The van der Waals surface area contributed by atoms with Crippen molar-refractivity contribution in [3.63, 3.8) is 0 Å². The Hall–Kier alpha value is -1.62. The second kappa shape index (κ2) is 4.33. The zero-order valence-corrected chi connectivity index (χ0v) is 9.63. The summed E-state index contributed by atoms with van der Waals surface area (Å²) >= 11 is 0. The van der Waals surface area contributed by atoms with Crippen LogP contribution in [0.4, 0.5) is 15.8 Å². The third-order valence-electron chi connectivity index (χ3n) is 2.98. The van der Waals surface area contributed by atoms with Gasteiger partial charge in [-0.05, 0) is 31.9 Å². The molecule has 1 aliphatic rings. The molecular formula is C12H15FN2O2. The van der Waals surface area contributed by atoms with Crippen LogP contribution in [0.3, 0.4) is 0 Å². The summed E-state index contributed by atoms with van der Waals surface area (Å²) in [6, 6.07) is 4.29. The van der Waals surface area contributed by atoms with Crippen LogP contribution in [0.15, 0.2) is 18.2 Å². The van der Waals surface area contributed by atoms with Crippen LogP contribution in [-0.2, 0) is 9.53 Å². The predicted octanol–water partition coefficient (Wildman–Crippen LogP) is 1.92. The van der Waals surface area contributed by atoms with Gasteiger partial charge in [0.15, 0.2) is 0 Å². The molecule has 1 amide bonds. The quantitative estimate of drug-likeness (QED) is 0.773. The maximum Gasteiger partial charge on any atom is 0.256 e. The molecule has 0 aliphatic carbocycles. The lowest BCUT2D eigenvalue weighted by atomic mass is 10.0. The third kappa shape index (κ3) is 2.24. The fourth-order valence-corrected chi connectivity index (χ4v) is 1.88. The minimum Gasteiger partial charge on any atom is -0.397 e. The number of hydrogen-bond donors (Lipinski definition) is 2. The van der Waals surface area contributed by atoms with Crippen molar-refractivity contribution < 1.29 is 13.9 Å². The first-order chi connectivity index (χ1) is 8.03. The highest BCUT2D eigenvalue weighted by Gasteiger charge is 2.38. The van der Waals surface area contributed by atoms with Gasteiger partial charge in [0.05, 0.1) is 5.69 Å². The van der Waals surface area contributed by atoms with E-state index in [9.17, 15) is 9.18 Å². The maximum atomic E-state index is 13.5. The van der Waals surface area contributed by atoms with E-state index in [-0.39, 0.29) is 17.3 Å². The van der Waals surface area contributed by atoms with Crippen molar-refractivity contribution in [1.29, 1.82) is 0 Å². The second-order valence-electron chi connectivity index (χ2n) is 4.34. The highest BCUT2D eigenvalue weighted by Crippen LogP contribution is 2.29. The fourth-order valence-electron chi connectivity index (χ4n) is 1.88. The zero-order valence-electron chi connectivity index (χ0n) is 9.63. The summed E-state index contributed by atoms with van der Waals surface area (Å²) in [4.78, 5) is 12.0. The molecule has 0 bridgehead atoms. The van der Waals surface area contributed by atoms with E-state index >= 15 is 0 Å². The third-order valence-corrected chi connectivity index (χ3v) is 2.98. The van der Waals surface area contributed by atoms with E-state index in [2.05, 4.69) is 5.32 Å². The number of hydrogen-bond acceptors (Lipinski definition) is 3. The van der Waals surface area contributed by atoms with Crippen molar-refractivity contribution in [3.05, 3.63) is 24.0 Å².